The fourth-order valence-corrected chi connectivity index (χ4v) is 4.97. The number of hydrogen-bond donors (Lipinski definition) is 1. The van der Waals surface area contributed by atoms with Gasteiger partial charge in [-0.25, -0.2) is 9.99 Å². The van der Waals surface area contributed by atoms with Crippen LogP contribution < -0.4 is 24.3 Å². The maximum atomic E-state index is 12.5. The van der Waals surface area contributed by atoms with Crippen LogP contribution in [0.3, 0.4) is 0 Å². The maximum absolute atomic E-state index is 12.5. The van der Waals surface area contributed by atoms with E-state index >= 15 is 0 Å². The summed E-state index contributed by atoms with van der Waals surface area (Å²) in [4.78, 5) is 21.3. The van der Waals surface area contributed by atoms with Crippen LogP contribution in [0.4, 0.5) is 11.5 Å². The van der Waals surface area contributed by atoms with Gasteiger partial charge in [-0.2, -0.15) is 10.1 Å². The molecular weight excluding hydrogens is 522 g/mol. The van der Waals surface area contributed by atoms with Crippen LogP contribution in [0.1, 0.15) is 30.5 Å². The Labute approximate surface area is 229 Å². The molecule has 2 aliphatic rings. The average Bonchev–Trinajstić information content (AvgIpc) is 3.60. The van der Waals surface area contributed by atoms with E-state index in [0.29, 0.717) is 46.1 Å². The van der Waals surface area contributed by atoms with Crippen LogP contribution in [0.2, 0.25) is 5.28 Å². The first kappa shape index (κ1) is 24.7. The number of nitrogens with one attached hydrogen (secondary N) is 1. The summed E-state index contributed by atoms with van der Waals surface area (Å²) < 4.78 is 21.8. The Morgan fingerprint density at radius 3 is 2.62 bits per heavy atom. The lowest BCUT2D eigenvalue weighted by atomic mass is 9.98. The van der Waals surface area contributed by atoms with Crippen molar-refractivity contribution in [3.05, 3.63) is 71.0 Å². The summed E-state index contributed by atoms with van der Waals surface area (Å²) in [6.45, 7) is 1.70. The van der Waals surface area contributed by atoms with Gasteiger partial charge in [0, 0.05) is 30.5 Å². The summed E-state index contributed by atoms with van der Waals surface area (Å²) in [5.41, 5.74) is 3.96. The normalized spacial score (nSPS) is 15.8. The number of carbonyl (C=O) groups is 1. The molecule has 1 N–H and O–H groups in total. The molecule has 198 valence electrons. The molecule has 10 nitrogen and oxygen atoms in total. The number of rotatable bonds is 6. The molecule has 1 atom stereocenters. The van der Waals surface area contributed by atoms with E-state index in [-0.39, 0.29) is 24.0 Å². The van der Waals surface area contributed by atoms with Gasteiger partial charge < -0.3 is 24.3 Å². The van der Waals surface area contributed by atoms with Crippen LogP contribution in [0, 0.1) is 0 Å². The average molecular weight is 546 g/mol. The van der Waals surface area contributed by atoms with Gasteiger partial charge in [0.1, 0.15) is 5.82 Å². The van der Waals surface area contributed by atoms with Crippen molar-refractivity contribution in [1.29, 1.82) is 0 Å². The number of hydrazone groups is 1. The zero-order chi connectivity index (χ0) is 27.1. The molecule has 0 spiro atoms. The van der Waals surface area contributed by atoms with E-state index in [1.54, 1.807) is 26.4 Å². The molecule has 11 heteroatoms. The number of carbonyl (C=O) groups excluding carboxylic acids is 1. The van der Waals surface area contributed by atoms with E-state index in [2.05, 4.69) is 20.4 Å². The smallest absolute Gasteiger partial charge is 0.240 e. The number of hydrogen-bond acceptors (Lipinski definition) is 9. The van der Waals surface area contributed by atoms with Crippen molar-refractivity contribution in [2.75, 3.05) is 26.3 Å². The molecule has 3 heterocycles. The van der Waals surface area contributed by atoms with E-state index in [1.165, 1.54) is 11.9 Å². The van der Waals surface area contributed by atoms with Gasteiger partial charge in [-0.15, -0.1) is 0 Å². The van der Waals surface area contributed by atoms with Crippen molar-refractivity contribution < 1.29 is 23.7 Å². The second-order valence-corrected chi connectivity index (χ2v) is 9.35. The van der Waals surface area contributed by atoms with Crippen molar-refractivity contribution >= 4 is 45.6 Å². The summed E-state index contributed by atoms with van der Waals surface area (Å²) in [6, 6.07) is 16.8. The molecule has 39 heavy (non-hydrogen) atoms. The molecule has 0 radical (unpaired) electrons. The molecule has 0 saturated carbocycles. The number of nitrogens with zero attached hydrogens (tertiary/aromatic N) is 4. The molecule has 0 aliphatic carbocycles. The Hall–Kier alpha value is -4.57. The SMILES string of the molecule is COc1cc2nc(Cl)nc(Nc3cccc(C4=NN(C(C)=O)C(c5ccc6c(c5)OCO6)C4)c3)c2cc1OC. The lowest BCUT2D eigenvalue weighted by Crippen LogP contribution is -2.24. The Morgan fingerprint density at radius 2 is 1.82 bits per heavy atom. The van der Waals surface area contributed by atoms with Gasteiger partial charge in [-0.3, -0.25) is 4.79 Å². The summed E-state index contributed by atoms with van der Waals surface area (Å²) in [7, 11) is 3.13. The lowest BCUT2D eigenvalue weighted by Gasteiger charge is -2.20. The van der Waals surface area contributed by atoms with E-state index in [9.17, 15) is 4.79 Å². The van der Waals surface area contributed by atoms with E-state index in [0.717, 1.165) is 22.5 Å². The third-order valence-electron chi connectivity index (χ3n) is 6.65. The molecule has 1 aromatic heterocycles. The Bertz CT molecular complexity index is 1640. The lowest BCUT2D eigenvalue weighted by molar-refractivity contribution is -0.130. The minimum Gasteiger partial charge on any atom is -0.493 e. The Morgan fingerprint density at radius 1 is 1.03 bits per heavy atom. The third-order valence-corrected chi connectivity index (χ3v) is 6.82. The maximum Gasteiger partial charge on any atom is 0.240 e. The summed E-state index contributed by atoms with van der Waals surface area (Å²) in [5.74, 6) is 2.82. The second-order valence-electron chi connectivity index (χ2n) is 9.01. The summed E-state index contributed by atoms with van der Waals surface area (Å²) in [6.07, 6.45) is 0.544. The van der Waals surface area contributed by atoms with E-state index < -0.39 is 0 Å². The van der Waals surface area contributed by atoms with Gasteiger partial charge >= 0.3 is 0 Å². The minimum atomic E-state index is -0.254. The third kappa shape index (κ3) is 4.63. The number of aromatic nitrogens is 2. The first-order chi connectivity index (χ1) is 18.9. The monoisotopic (exact) mass is 545 g/mol. The number of ether oxygens (including phenoxy) is 4. The fourth-order valence-electron chi connectivity index (χ4n) is 4.79. The topological polar surface area (TPSA) is 107 Å². The highest BCUT2D eigenvalue weighted by atomic mass is 35.5. The Balaban J connectivity index is 1.31. The van der Waals surface area contributed by atoms with Crippen molar-refractivity contribution in [1.82, 2.24) is 15.0 Å². The highest BCUT2D eigenvalue weighted by Gasteiger charge is 2.32. The zero-order valence-corrected chi connectivity index (χ0v) is 22.2. The van der Waals surface area contributed by atoms with E-state index in [1.807, 2.05) is 42.5 Å². The highest BCUT2D eigenvalue weighted by Crippen LogP contribution is 2.40. The number of amides is 1. The predicted molar refractivity (Wildman–Crippen MR) is 146 cm³/mol. The highest BCUT2D eigenvalue weighted by molar-refractivity contribution is 6.29. The van der Waals surface area contributed by atoms with Gasteiger partial charge in [0.15, 0.2) is 23.0 Å². The Kier molecular flexibility index (Phi) is 6.32. The molecule has 0 fully saturated rings. The van der Waals surface area contributed by atoms with Crippen LogP contribution in [-0.4, -0.2) is 47.6 Å². The molecule has 1 amide bonds. The van der Waals surface area contributed by atoms with Crippen molar-refractivity contribution in [3.63, 3.8) is 0 Å². The molecular formula is C28H24ClN5O5. The molecule has 6 rings (SSSR count). The predicted octanol–water partition coefficient (Wildman–Crippen LogP) is 5.47. The van der Waals surface area contributed by atoms with Gasteiger partial charge in [0.05, 0.1) is 31.5 Å². The van der Waals surface area contributed by atoms with Gasteiger partial charge in [0.2, 0.25) is 18.0 Å². The first-order valence-electron chi connectivity index (χ1n) is 12.2. The van der Waals surface area contributed by atoms with Gasteiger partial charge in [0.25, 0.3) is 0 Å². The molecule has 4 aromatic rings. The summed E-state index contributed by atoms with van der Waals surface area (Å²) >= 11 is 6.24. The number of halogens is 1. The molecule has 2 aliphatic heterocycles. The zero-order valence-electron chi connectivity index (χ0n) is 21.4. The molecule has 0 saturated heterocycles. The van der Waals surface area contributed by atoms with Crippen LogP contribution in [0.15, 0.2) is 59.7 Å². The minimum absolute atomic E-state index is 0.0946. The van der Waals surface area contributed by atoms with Crippen LogP contribution >= 0.6 is 11.6 Å². The number of fused-ring (bicyclic) bond motifs is 2. The van der Waals surface area contributed by atoms with Crippen molar-refractivity contribution in [2.24, 2.45) is 5.10 Å². The van der Waals surface area contributed by atoms with E-state index in [4.69, 9.17) is 30.5 Å². The second kappa shape index (κ2) is 9.95. The van der Waals surface area contributed by atoms with Crippen molar-refractivity contribution in [3.8, 4) is 23.0 Å². The van der Waals surface area contributed by atoms with Crippen LogP contribution in [0.25, 0.3) is 10.9 Å². The first-order valence-corrected chi connectivity index (χ1v) is 12.5. The number of benzene rings is 3. The summed E-state index contributed by atoms with van der Waals surface area (Å²) in [5, 5.41) is 10.4. The quantitative estimate of drug-likeness (QED) is 0.318. The number of anilines is 2. The fraction of sp³-hybridized carbons (Fsp3) is 0.214. The molecule has 1 unspecified atom stereocenters. The van der Waals surface area contributed by atoms with Crippen LogP contribution in [0.5, 0.6) is 23.0 Å². The molecule has 0 bridgehead atoms. The largest absolute Gasteiger partial charge is 0.493 e. The van der Waals surface area contributed by atoms with Crippen molar-refractivity contribution in [2.45, 2.75) is 19.4 Å². The van der Waals surface area contributed by atoms with Crippen LogP contribution in [-0.2, 0) is 4.79 Å². The van der Waals surface area contributed by atoms with Gasteiger partial charge in [-0.05, 0) is 53.1 Å². The van der Waals surface area contributed by atoms with Gasteiger partial charge in [-0.1, -0.05) is 18.2 Å². The standard InChI is InChI=1S/C28H24ClN5O5/c1-15(35)34-22(17-7-8-23-26(10-17)39-14-38-23)12-20(33-34)16-5-4-6-18(9-16)30-27-19-11-24(36-2)25(37-3)13-21(19)31-28(29)32-27/h4-11,13,22H,12,14H2,1-3H3,(H,30,31,32). The molecule has 3 aromatic carbocycles. The number of methoxy groups -OCH3 is 2.